The molecule has 9 aromatic carbocycles. The Hall–Kier alpha value is -8.53. The first-order valence-electron chi connectivity index (χ1n) is 20.2. The summed E-state index contributed by atoms with van der Waals surface area (Å²) in [5.74, 6) is 1.72. The predicted molar refractivity (Wildman–Crippen MR) is 247 cm³/mol. The molecule has 0 saturated heterocycles. The Bertz CT molecular complexity index is 3790. The van der Waals surface area contributed by atoms with Crippen molar-refractivity contribution in [3.8, 4) is 62.5 Å². The largest absolute Gasteiger partial charge is 0.456 e. The van der Waals surface area contributed by atoms with Crippen molar-refractivity contribution in [3.05, 3.63) is 194 Å². The normalized spacial score (nSPS) is 11.6. The number of hydrogen-bond donors (Lipinski definition) is 0. The van der Waals surface area contributed by atoms with Crippen molar-refractivity contribution in [2.24, 2.45) is 0 Å². The zero-order chi connectivity index (χ0) is 40.4. The van der Waals surface area contributed by atoms with Crippen LogP contribution in [0.2, 0.25) is 0 Å². The molecule has 6 heteroatoms. The standard InChI is InChI=1S/C55H31N5O/c56-32-37-24-25-42(39-17-5-4-16-38(37)39)47-31-49-45-21-11-27-57-52(45)46(30-48(49)41-19-7-6-18-40(41)47)34-14-10-15-35(28-34)54-58-53(33-12-2-1-3-13-33)59-55(60-54)36-23-26-44-43-20-8-9-22-50(43)61-51(44)29-36/h1-31H. The zero-order valence-electron chi connectivity index (χ0n) is 32.5. The highest BCUT2D eigenvalue weighted by Crippen LogP contribution is 2.43. The highest BCUT2D eigenvalue weighted by molar-refractivity contribution is 6.24. The molecule has 12 rings (SSSR count). The fourth-order valence-electron chi connectivity index (χ4n) is 8.94. The molecule has 0 atom stereocenters. The van der Waals surface area contributed by atoms with Crippen LogP contribution in [-0.4, -0.2) is 19.9 Å². The third-order valence-electron chi connectivity index (χ3n) is 11.8. The summed E-state index contributed by atoms with van der Waals surface area (Å²) in [4.78, 5) is 20.2. The van der Waals surface area contributed by atoms with Gasteiger partial charge in [-0.2, -0.15) is 5.26 Å². The first-order valence-corrected chi connectivity index (χ1v) is 20.2. The number of rotatable bonds is 5. The van der Waals surface area contributed by atoms with Gasteiger partial charge in [-0.15, -0.1) is 0 Å². The summed E-state index contributed by atoms with van der Waals surface area (Å²) >= 11 is 0. The average molecular weight is 778 g/mol. The van der Waals surface area contributed by atoms with E-state index in [9.17, 15) is 5.26 Å². The first-order chi connectivity index (χ1) is 30.2. The van der Waals surface area contributed by atoms with Crippen LogP contribution in [0.4, 0.5) is 0 Å². The van der Waals surface area contributed by atoms with E-state index in [2.05, 4.69) is 103 Å². The van der Waals surface area contributed by atoms with Crippen molar-refractivity contribution in [1.29, 1.82) is 5.26 Å². The van der Waals surface area contributed by atoms with E-state index < -0.39 is 0 Å². The Morgan fingerprint density at radius 1 is 0.361 bits per heavy atom. The van der Waals surface area contributed by atoms with Gasteiger partial charge >= 0.3 is 0 Å². The van der Waals surface area contributed by atoms with E-state index in [4.69, 9.17) is 24.4 Å². The van der Waals surface area contributed by atoms with Crippen molar-refractivity contribution >= 4 is 65.2 Å². The van der Waals surface area contributed by atoms with Gasteiger partial charge in [0, 0.05) is 50.0 Å². The van der Waals surface area contributed by atoms with Crippen molar-refractivity contribution < 1.29 is 4.42 Å². The van der Waals surface area contributed by atoms with Gasteiger partial charge in [0.15, 0.2) is 17.5 Å². The topological polar surface area (TPSA) is 88.5 Å². The van der Waals surface area contributed by atoms with E-state index in [1.807, 2.05) is 91.1 Å². The van der Waals surface area contributed by atoms with Gasteiger partial charge < -0.3 is 4.42 Å². The van der Waals surface area contributed by atoms with E-state index >= 15 is 0 Å². The fourth-order valence-corrected chi connectivity index (χ4v) is 8.94. The highest BCUT2D eigenvalue weighted by atomic mass is 16.3. The molecule has 0 radical (unpaired) electrons. The van der Waals surface area contributed by atoms with Crippen molar-refractivity contribution in [3.63, 3.8) is 0 Å². The van der Waals surface area contributed by atoms with E-state index in [1.165, 1.54) is 0 Å². The van der Waals surface area contributed by atoms with Crippen LogP contribution in [0, 0.1) is 11.3 Å². The summed E-state index contributed by atoms with van der Waals surface area (Å²) in [6.45, 7) is 0. The first kappa shape index (κ1) is 34.5. The maximum atomic E-state index is 9.93. The Morgan fingerprint density at radius 2 is 0.951 bits per heavy atom. The van der Waals surface area contributed by atoms with Crippen molar-refractivity contribution in [1.82, 2.24) is 19.9 Å². The summed E-state index contributed by atoms with van der Waals surface area (Å²) in [7, 11) is 0. The molecule has 0 N–H and O–H groups in total. The zero-order valence-corrected chi connectivity index (χ0v) is 32.5. The quantitative estimate of drug-likeness (QED) is 0.162. The van der Waals surface area contributed by atoms with Crippen LogP contribution in [0.1, 0.15) is 5.56 Å². The van der Waals surface area contributed by atoms with Crippen LogP contribution in [0.15, 0.2) is 193 Å². The Balaban J connectivity index is 1.04. The predicted octanol–water partition coefficient (Wildman–Crippen LogP) is 14.0. The maximum Gasteiger partial charge on any atom is 0.164 e. The molecule has 0 unspecified atom stereocenters. The van der Waals surface area contributed by atoms with Crippen molar-refractivity contribution in [2.45, 2.75) is 0 Å². The third kappa shape index (κ3) is 5.64. The number of aromatic nitrogens is 4. The van der Waals surface area contributed by atoms with Gasteiger partial charge in [0.2, 0.25) is 0 Å². The minimum Gasteiger partial charge on any atom is -0.456 e. The number of hydrogen-bond acceptors (Lipinski definition) is 6. The van der Waals surface area contributed by atoms with E-state index in [0.29, 0.717) is 23.0 Å². The number of furan rings is 1. The maximum absolute atomic E-state index is 9.93. The van der Waals surface area contributed by atoms with Gasteiger partial charge in [0.1, 0.15) is 11.2 Å². The van der Waals surface area contributed by atoms with Crippen molar-refractivity contribution in [2.75, 3.05) is 0 Å². The lowest BCUT2D eigenvalue weighted by Gasteiger charge is -2.17. The molecule has 0 amide bonds. The number of benzene rings is 9. The molecule has 0 fully saturated rings. The average Bonchev–Trinajstić information content (AvgIpc) is 3.71. The highest BCUT2D eigenvalue weighted by Gasteiger charge is 2.19. The molecule has 0 aliphatic rings. The smallest absolute Gasteiger partial charge is 0.164 e. The lowest BCUT2D eigenvalue weighted by atomic mass is 9.87. The van der Waals surface area contributed by atoms with Crippen LogP contribution in [0.25, 0.3) is 122 Å². The van der Waals surface area contributed by atoms with Crippen LogP contribution in [0.3, 0.4) is 0 Å². The summed E-state index contributed by atoms with van der Waals surface area (Å²) in [5.41, 5.74) is 10.0. The molecule has 0 spiro atoms. The van der Waals surface area contributed by atoms with E-state index in [1.54, 1.807) is 0 Å². The molecule has 6 nitrogen and oxygen atoms in total. The molecule has 0 saturated carbocycles. The fraction of sp³-hybridized carbons (Fsp3) is 0. The van der Waals surface area contributed by atoms with Gasteiger partial charge in [0.25, 0.3) is 0 Å². The molecule has 3 aromatic heterocycles. The lowest BCUT2D eigenvalue weighted by Crippen LogP contribution is -2.00. The summed E-state index contributed by atoms with van der Waals surface area (Å²) in [6, 6.07) is 64.6. The monoisotopic (exact) mass is 777 g/mol. The summed E-state index contributed by atoms with van der Waals surface area (Å²) < 4.78 is 6.27. The number of para-hydroxylation sites is 1. The number of fused-ring (bicyclic) bond motifs is 9. The van der Waals surface area contributed by atoms with Gasteiger partial charge in [-0.3, -0.25) is 4.98 Å². The molecule has 0 bridgehead atoms. The molecule has 12 aromatic rings. The van der Waals surface area contributed by atoms with E-state index in [0.717, 1.165) is 104 Å². The van der Waals surface area contributed by atoms with Crippen LogP contribution in [0.5, 0.6) is 0 Å². The number of nitriles is 1. The second kappa shape index (κ2) is 13.8. The lowest BCUT2D eigenvalue weighted by molar-refractivity contribution is 0.669. The van der Waals surface area contributed by atoms with Gasteiger partial charge in [0.05, 0.1) is 17.1 Å². The van der Waals surface area contributed by atoms with Crippen LogP contribution in [-0.2, 0) is 0 Å². The van der Waals surface area contributed by atoms with Gasteiger partial charge in [-0.1, -0.05) is 133 Å². The minimum atomic E-state index is 0.562. The molecule has 0 aliphatic heterocycles. The third-order valence-corrected chi connectivity index (χ3v) is 11.8. The minimum absolute atomic E-state index is 0.562. The molecule has 3 heterocycles. The van der Waals surface area contributed by atoms with Crippen LogP contribution >= 0.6 is 0 Å². The second-order valence-electron chi connectivity index (χ2n) is 15.3. The Labute approximate surface area is 349 Å². The second-order valence-corrected chi connectivity index (χ2v) is 15.3. The SMILES string of the molecule is N#Cc1ccc(-c2cc3c4cccnc4c(-c4cccc(-c5nc(-c6ccccc6)nc(-c6ccc7c(c6)oc6ccccc67)n5)c4)cc3c3ccccc23)c2ccccc12. The summed E-state index contributed by atoms with van der Waals surface area (Å²) in [5, 5.41) is 19.6. The molecular formula is C55H31N5O. The Morgan fingerprint density at radius 3 is 1.75 bits per heavy atom. The van der Waals surface area contributed by atoms with Gasteiger partial charge in [-0.05, 0) is 92.2 Å². The molecular weight excluding hydrogens is 747 g/mol. The summed E-state index contributed by atoms with van der Waals surface area (Å²) in [6.07, 6.45) is 1.86. The molecule has 0 aliphatic carbocycles. The number of pyridine rings is 1. The molecule has 61 heavy (non-hydrogen) atoms. The Kier molecular flexibility index (Phi) is 7.81. The molecule has 282 valence electrons. The van der Waals surface area contributed by atoms with E-state index in [-0.39, 0.29) is 0 Å². The number of nitrogens with zero attached hydrogens (tertiary/aromatic N) is 5. The van der Waals surface area contributed by atoms with Crippen LogP contribution < -0.4 is 0 Å². The van der Waals surface area contributed by atoms with Gasteiger partial charge in [-0.25, -0.2) is 15.0 Å².